The lowest BCUT2D eigenvalue weighted by Gasteiger charge is -2.38. The van der Waals surface area contributed by atoms with Gasteiger partial charge in [0, 0.05) is 32.7 Å². The minimum atomic E-state index is -0.0211. The summed E-state index contributed by atoms with van der Waals surface area (Å²) in [6.07, 6.45) is 4.48. The molecule has 1 aliphatic rings. The number of aromatic nitrogens is 4. The molecule has 0 amide bonds. The van der Waals surface area contributed by atoms with Crippen LogP contribution in [0.2, 0.25) is 0 Å². The van der Waals surface area contributed by atoms with Crippen LogP contribution in [0.4, 0.5) is 0 Å². The van der Waals surface area contributed by atoms with Crippen molar-refractivity contribution < 1.29 is 0 Å². The van der Waals surface area contributed by atoms with E-state index in [4.69, 9.17) is 0 Å². The Kier molecular flexibility index (Phi) is 8.11. The summed E-state index contributed by atoms with van der Waals surface area (Å²) in [6, 6.07) is 25.9. The topological polar surface area (TPSA) is 50.1 Å². The standard InChI is InChI=1S/C32H38N6/c1-24(2)28-15-17-29(18-16-28)31(32-33-34-35-38(32)30-25(3)10-8-11-26(30)4)37-22-20-36(21-23-37)19-9-14-27-12-6-5-7-13-27/h5-18,24,31H,19-23H2,1-4H3/b14-9+. The van der Waals surface area contributed by atoms with Gasteiger partial charge in [0.2, 0.25) is 0 Å². The molecule has 0 bridgehead atoms. The molecule has 1 aromatic heterocycles. The molecule has 6 heteroatoms. The molecule has 196 valence electrons. The van der Waals surface area contributed by atoms with Crippen LogP contribution in [0, 0.1) is 13.8 Å². The van der Waals surface area contributed by atoms with Crippen molar-refractivity contribution in [2.24, 2.45) is 0 Å². The van der Waals surface area contributed by atoms with Crippen molar-refractivity contribution in [3.63, 3.8) is 0 Å². The number of aryl methyl sites for hydroxylation is 2. The number of nitrogens with zero attached hydrogens (tertiary/aromatic N) is 6. The van der Waals surface area contributed by atoms with E-state index in [1.165, 1.54) is 27.8 Å². The van der Waals surface area contributed by atoms with Crippen LogP contribution in [0.5, 0.6) is 0 Å². The lowest BCUT2D eigenvalue weighted by atomic mass is 9.97. The van der Waals surface area contributed by atoms with E-state index in [0.717, 1.165) is 44.2 Å². The molecule has 2 heterocycles. The lowest BCUT2D eigenvalue weighted by molar-refractivity contribution is 0.113. The maximum Gasteiger partial charge on any atom is 0.178 e. The van der Waals surface area contributed by atoms with Gasteiger partial charge >= 0.3 is 0 Å². The van der Waals surface area contributed by atoms with Crippen LogP contribution in [-0.4, -0.2) is 62.7 Å². The fourth-order valence-electron chi connectivity index (χ4n) is 5.36. The Morgan fingerprint density at radius 1 is 0.789 bits per heavy atom. The van der Waals surface area contributed by atoms with Crippen molar-refractivity contribution in [1.29, 1.82) is 0 Å². The van der Waals surface area contributed by atoms with E-state index >= 15 is 0 Å². The third-order valence-electron chi connectivity index (χ3n) is 7.55. The minimum absolute atomic E-state index is 0.0211. The average molecular weight is 507 g/mol. The van der Waals surface area contributed by atoms with Gasteiger partial charge in [0.15, 0.2) is 5.82 Å². The summed E-state index contributed by atoms with van der Waals surface area (Å²) in [5.74, 6) is 1.37. The van der Waals surface area contributed by atoms with Gasteiger partial charge in [-0.2, -0.15) is 4.68 Å². The van der Waals surface area contributed by atoms with E-state index in [1.54, 1.807) is 0 Å². The Bertz CT molecular complexity index is 1330. The molecular weight excluding hydrogens is 468 g/mol. The fourth-order valence-corrected chi connectivity index (χ4v) is 5.36. The van der Waals surface area contributed by atoms with Crippen molar-refractivity contribution in [2.75, 3.05) is 32.7 Å². The SMILES string of the molecule is Cc1cccc(C)c1-n1nnnc1C(c1ccc(C(C)C)cc1)N1CCN(C/C=C/c2ccccc2)CC1. The summed E-state index contributed by atoms with van der Waals surface area (Å²) in [5, 5.41) is 13.3. The van der Waals surface area contributed by atoms with Crippen LogP contribution in [0.25, 0.3) is 11.8 Å². The molecular formula is C32H38N6. The predicted octanol–water partition coefficient (Wildman–Crippen LogP) is 5.82. The third kappa shape index (κ3) is 5.77. The Morgan fingerprint density at radius 3 is 2.11 bits per heavy atom. The van der Waals surface area contributed by atoms with Crippen molar-refractivity contribution in [2.45, 2.75) is 39.7 Å². The highest BCUT2D eigenvalue weighted by molar-refractivity contribution is 5.49. The summed E-state index contributed by atoms with van der Waals surface area (Å²) >= 11 is 0. The summed E-state index contributed by atoms with van der Waals surface area (Å²) < 4.78 is 1.96. The number of rotatable bonds is 8. The first-order valence-corrected chi connectivity index (χ1v) is 13.6. The fraction of sp³-hybridized carbons (Fsp3) is 0.344. The van der Waals surface area contributed by atoms with Gasteiger partial charge < -0.3 is 0 Å². The van der Waals surface area contributed by atoms with Gasteiger partial charge in [0.1, 0.15) is 0 Å². The van der Waals surface area contributed by atoms with E-state index in [9.17, 15) is 0 Å². The zero-order valence-corrected chi connectivity index (χ0v) is 23.0. The van der Waals surface area contributed by atoms with Gasteiger partial charge in [-0.15, -0.1) is 5.10 Å². The largest absolute Gasteiger partial charge is 0.297 e. The Morgan fingerprint density at radius 2 is 1.45 bits per heavy atom. The number of para-hydroxylation sites is 1. The molecule has 1 atom stereocenters. The number of hydrogen-bond acceptors (Lipinski definition) is 5. The summed E-state index contributed by atoms with van der Waals surface area (Å²) in [7, 11) is 0. The van der Waals surface area contributed by atoms with E-state index in [-0.39, 0.29) is 6.04 Å². The summed E-state index contributed by atoms with van der Waals surface area (Å²) in [5.41, 5.74) is 7.23. The van der Waals surface area contributed by atoms with Crippen molar-refractivity contribution >= 4 is 6.08 Å². The molecule has 4 aromatic rings. The number of piperazine rings is 1. The first-order valence-electron chi connectivity index (χ1n) is 13.6. The van der Waals surface area contributed by atoms with Crippen LogP contribution in [-0.2, 0) is 0 Å². The molecule has 0 spiro atoms. The molecule has 1 aliphatic heterocycles. The molecule has 0 aliphatic carbocycles. The smallest absolute Gasteiger partial charge is 0.178 e. The van der Waals surface area contributed by atoms with Crippen LogP contribution in [0.15, 0.2) is 78.9 Å². The van der Waals surface area contributed by atoms with Gasteiger partial charge in [-0.25, -0.2) is 0 Å². The lowest BCUT2D eigenvalue weighted by Crippen LogP contribution is -2.48. The monoisotopic (exact) mass is 506 g/mol. The summed E-state index contributed by atoms with van der Waals surface area (Å²) in [6.45, 7) is 13.6. The molecule has 5 rings (SSSR count). The van der Waals surface area contributed by atoms with Crippen molar-refractivity contribution in [3.05, 3.63) is 113 Å². The average Bonchev–Trinajstić information content (AvgIpc) is 3.39. The maximum atomic E-state index is 4.62. The van der Waals surface area contributed by atoms with Gasteiger partial charge in [-0.3, -0.25) is 9.80 Å². The van der Waals surface area contributed by atoms with Gasteiger partial charge in [-0.1, -0.05) is 98.8 Å². The van der Waals surface area contributed by atoms with Crippen molar-refractivity contribution in [1.82, 2.24) is 30.0 Å². The maximum absolute atomic E-state index is 4.62. The Balaban J connectivity index is 1.40. The quantitative estimate of drug-likeness (QED) is 0.301. The zero-order valence-electron chi connectivity index (χ0n) is 23.0. The Hall–Kier alpha value is -3.61. The van der Waals surface area contributed by atoms with Crippen molar-refractivity contribution in [3.8, 4) is 5.69 Å². The Labute approximate surface area is 226 Å². The molecule has 0 N–H and O–H groups in total. The van der Waals surface area contributed by atoms with Crippen LogP contribution in [0.3, 0.4) is 0 Å². The molecule has 1 saturated heterocycles. The van der Waals surface area contributed by atoms with Crippen LogP contribution in [0.1, 0.15) is 59.4 Å². The highest BCUT2D eigenvalue weighted by Crippen LogP contribution is 2.31. The summed E-state index contributed by atoms with van der Waals surface area (Å²) in [4.78, 5) is 5.06. The van der Waals surface area contributed by atoms with E-state index in [1.807, 2.05) is 4.68 Å². The second kappa shape index (κ2) is 11.8. The van der Waals surface area contributed by atoms with Crippen LogP contribution < -0.4 is 0 Å². The highest BCUT2D eigenvalue weighted by atomic mass is 15.6. The number of hydrogen-bond donors (Lipinski definition) is 0. The molecule has 6 nitrogen and oxygen atoms in total. The molecule has 1 fully saturated rings. The van der Waals surface area contributed by atoms with Gasteiger partial charge in [0.25, 0.3) is 0 Å². The second-order valence-corrected chi connectivity index (χ2v) is 10.6. The first kappa shape index (κ1) is 26.0. The number of benzene rings is 3. The van der Waals surface area contributed by atoms with E-state index in [2.05, 4.69) is 138 Å². The molecule has 0 saturated carbocycles. The minimum Gasteiger partial charge on any atom is -0.297 e. The third-order valence-corrected chi connectivity index (χ3v) is 7.55. The first-order chi connectivity index (χ1) is 18.5. The molecule has 1 unspecified atom stereocenters. The van der Waals surface area contributed by atoms with E-state index in [0.29, 0.717) is 5.92 Å². The normalized spacial score (nSPS) is 15.9. The molecule has 38 heavy (non-hydrogen) atoms. The van der Waals surface area contributed by atoms with Gasteiger partial charge in [-0.05, 0) is 58.0 Å². The molecule has 0 radical (unpaired) electrons. The number of tetrazole rings is 1. The second-order valence-electron chi connectivity index (χ2n) is 10.6. The van der Waals surface area contributed by atoms with Gasteiger partial charge in [0.05, 0.1) is 11.7 Å². The predicted molar refractivity (Wildman–Crippen MR) is 154 cm³/mol. The highest BCUT2D eigenvalue weighted by Gasteiger charge is 2.31. The zero-order chi connectivity index (χ0) is 26.5. The van der Waals surface area contributed by atoms with E-state index < -0.39 is 0 Å². The molecule has 3 aromatic carbocycles. The van der Waals surface area contributed by atoms with Crippen LogP contribution >= 0.6 is 0 Å².